The third-order valence-electron chi connectivity index (χ3n) is 2.09. The molecule has 5 nitrogen and oxygen atoms in total. The summed E-state index contributed by atoms with van der Waals surface area (Å²) in [6.45, 7) is 5.44. The Morgan fingerprint density at radius 2 is 1.65 bits per heavy atom. The normalized spacial score (nSPS) is 12.3. The van der Waals surface area contributed by atoms with Crippen LogP contribution < -0.4 is 0 Å². The first-order valence-electron chi connectivity index (χ1n) is 5.95. The van der Waals surface area contributed by atoms with Gasteiger partial charge in [-0.15, -0.1) is 0 Å². The Morgan fingerprint density at radius 1 is 1.12 bits per heavy atom. The molecule has 0 aromatic carbocycles. The monoisotopic (exact) mass is 246 g/mol. The average molecular weight is 246 g/mol. The lowest BCUT2D eigenvalue weighted by Gasteiger charge is -2.12. The zero-order chi connectivity index (χ0) is 13.3. The Bertz CT molecular complexity index is 237. The minimum absolute atomic E-state index is 0.131. The van der Waals surface area contributed by atoms with Crippen LogP contribution in [0.3, 0.4) is 0 Å². The van der Waals surface area contributed by atoms with E-state index in [1.807, 2.05) is 13.8 Å². The zero-order valence-electron chi connectivity index (χ0n) is 10.8. The van der Waals surface area contributed by atoms with E-state index in [4.69, 9.17) is 9.47 Å². The highest BCUT2D eigenvalue weighted by atomic mass is 16.6. The van der Waals surface area contributed by atoms with Crippen molar-refractivity contribution in [3.8, 4) is 0 Å². The fraction of sp³-hybridized carbons (Fsp3) is 0.833. The fourth-order valence-electron chi connectivity index (χ4n) is 1.01. The second kappa shape index (κ2) is 8.98. The molecule has 17 heavy (non-hydrogen) atoms. The van der Waals surface area contributed by atoms with Gasteiger partial charge in [0.15, 0.2) is 0 Å². The predicted octanol–water partition coefficient (Wildman–Crippen LogP) is 1.28. The lowest BCUT2D eigenvalue weighted by Crippen LogP contribution is -2.25. The Morgan fingerprint density at radius 3 is 2.12 bits per heavy atom. The van der Waals surface area contributed by atoms with Crippen molar-refractivity contribution in [2.24, 2.45) is 5.92 Å². The minimum Gasteiger partial charge on any atom is -0.463 e. The molecule has 0 saturated carbocycles. The van der Waals surface area contributed by atoms with Crippen LogP contribution in [0.1, 0.15) is 40.0 Å². The summed E-state index contributed by atoms with van der Waals surface area (Å²) in [4.78, 5) is 22.0. The molecular weight excluding hydrogens is 224 g/mol. The topological polar surface area (TPSA) is 72.8 Å². The van der Waals surface area contributed by atoms with E-state index in [1.54, 1.807) is 6.92 Å². The van der Waals surface area contributed by atoms with Gasteiger partial charge in [-0.05, 0) is 12.3 Å². The minimum atomic E-state index is -0.950. The quantitative estimate of drug-likeness (QED) is 0.653. The number of carbonyl (C=O) groups is 2. The summed E-state index contributed by atoms with van der Waals surface area (Å²) in [6, 6.07) is 0. The van der Waals surface area contributed by atoms with Crippen LogP contribution in [0.25, 0.3) is 0 Å². The maximum atomic E-state index is 11.2. The van der Waals surface area contributed by atoms with Gasteiger partial charge < -0.3 is 14.6 Å². The third-order valence-corrected chi connectivity index (χ3v) is 2.09. The van der Waals surface area contributed by atoms with Gasteiger partial charge >= 0.3 is 11.9 Å². The zero-order valence-corrected chi connectivity index (χ0v) is 10.8. The van der Waals surface area contributed by atoms with Crippen LogP contribution in [0.4, 0.5) is 0 Å². The standard InChI is InChI=1S/C12H22O5/c1-4-11(14)16-7-10(13)8-17-12(15)6-5-9(2)3/h9-10,13H,4-8H2,1-3H3. The molecule has 0 amide bonds. The van der Waals surface area contributed by atoms with E-state index in [2.05, 4.69) is 0 Å². The second-order valence-electron chi connectivity index (χ2n) is 4.31. The molecule has 0 aromatic heterocycles. The van der Waals surface area contributed by atoms with Crippen LogP contribution in [0, 0.1) is 5.92 Å². The molecule has 1 N–H and O–H groups in total. The Labute approximate surface area is 102 Å². The SMILES string of the molecule is CCC(=O)OCC(O)COC(=O)CCC(C)C. The second-order valence-corrected chi connectivity index (χ2v) is 4.31. The summed E-state index contributed by atoms with van der Waals surface area (Å²) in [5, 5.41) is 9.37. The molecule has 0 aliphatic rings. The van der Waals surface area contributed by atoms with E-state index in [0.29, 0.717) is 12.3 Å². The van der Waals surface area contributed by atoms with Crippen molar-refractivity contribution >= 4 is 11.9 Å². The first-order valence-corrected chi connectivity index (χ1v) is 5.95. The summed E-state index contributed by atoms with van der Waals surface area (Å²) in [5.41, 5.74) is 0. The van der Waals surface area contributed by atoms with Crippen molar-refractivity contribution < 1.29 is 24.2 Å². The summed E-state index contributed by atoms with van der Waals surface area (Å²) in [7, 11) is 0. The van der Waals surface area contributed by atoms with E-state index in [1.165, 1.54) is 0 Å². The van der Waals surface area contributed by atoms with E-state index < -0.39 is 6.10 Å². The predicted molar refractivity (Wildman–Crippen MR) is 62.3 cm³/mol. The van der Waals surface area contributed by atoms with Crippen molar-refractivity contribution in [2.45, 2.75) is 46.1 Å². The average Bonchev–Trinajstić information content (AvgIpc) is 2.30. The van der Waals surface area contributed by atoms with Crippen molar-refractivity contribution in [3.05, 3.63) is 0 Å². The van der Waals surface area contributed by atoms with E-state index >= 15 is 0 Å². The summed E-state index contributed by atoms with van der Waals surface area (Å²) in [6.07, 6.45) is 0.424. The molecule has 0 saturated heterocycles. The van der Waals surface area contributed by atoms with Crippen LogP contribution in [-0.2, 0) is 19.1 Å². The van der Waals surface area contributed by atoms with E-state index in [9.17, 15) is 14.7 Å². The van der Waals surface area contributed by atoms with E-state index in [-0.39, 0.29) is 31.6 Å². The van der Waals surface area contributed by atoms with Gasteiger partial charge in [0.25, 0.3) is 0 Å². The van der Waals surface area contributed by atoms with Crippen LogP contribution >= 0.6 is 0 Å². The van der Waals surface area contributed by atoms with Crippen molar-refractivity contribution in [2.75, 3.05) is 13.2 Å². The molecule has 0 rings (SSSR count). The maximum absolute atomic E-state index is 11.2. The first kappa shape index (κ1) is 15.9. The van der Waals surface area contributed by atoms with Gasteiger partial charge in [-0.25, -0.2) is 0 Å². The van der Waals surface area contributed by atoms with Gasteiger partial charge in [0.1, 0.15) is 19.3 Å². The maximum Gasteiger partial charge on any atom is 0.305 e. The number of hydrogen-bond donors (Lipinski definition) is 1. The summed E-state index contributed by atoms with van der Waals surface area (Å²) >= 11 is 0. The van der Waals surface area contributed by atoms with Gasteiger partial charge in [-0.2, -0.15) is 0 Å². The lowest BCUT2D eigenvalue weighted by atomic mass is 10.1. The van der Waals surface area contributed by atoms with Crippen molar-refractivity contribution in [1.29, 1.82) is 0 Å². The number of hydrogen-bond acceptors (Lipinski definition) is 5. The molecule has 0 aromatic rings. The van der Waals surface area contributed by atoms with Gasteiger partial charge in [-0.3, -0.25) is 9.59 Å². The highest BCUT2D eigenvalue weighted by Gasteiger charge is 2.11. The molecular formula is C12H22O5. The number of aliphatic hydroxyl groups excluding tert-OH is 1. The number of ether oxygens (including phenoxy) is 2. The third kappa shape index (κ3) is 9.81. The molecule has 0 fully saturated rings. The number of aliphatic hydroxyl groups is 1. The lowest BCUT2D eigenvalue weighted by molar-refractivity contribution is -0.152. The largest absolute Gasteiger partial charge is 0.463 e. The molecule has 0 spiro atoms. The summed E-state index contributed by atoms with van der Waals surface area (Å²) in [5.74, 6) is -0.271. The van der Waals surface area contributed by atoms with Crippen LogP contribution in [0.15, 0.2) is 0 Å². The van der Waals surface area contributed by atoms with E-state index in [0.717, 1.165) is 6.42 Å². The molecule has 100 valence electrons. The van der Waals surface area contributed by atoms with Crippen LogP contribution in [-0.4, -0.2) is 36.4 Å². The van der Waals surface area contributed by atoms with Gasteiger partial charge in [0.2, 0.25) is 0 Å². The molecule has 0 bridgehead atoms. The first-order chi connectivity index (χ1) is 7.95. The van der Waals surface area contributed by atoms with Gasteiger partial charge in [-0.1, -0.05) is 20.8 Å². The number of carbonyl (C=O) groups excluding carboxylic acids is 2. The Balaban J connectivity index is 3.58. The smallest absolute Gasteiger partial charge is 0.305 e. The molecule has 5 heteroatoms. The fourth-order valence-corrected chi connectivity index (χ4v) is 1.01. The van der Waals surface area contributed by atoms with Gasteiger partial charge in [0.05, 0.1) is 0 Å². The summed E-state index contributed by atoms with van der Waals surface area (Å²) < 4.78 is 9.54. The molecule has 1 atom stereocenters. The van der Waals surface area contributed by atoms with Crippen molar-refractivity contribution in [3.63, 3.8) is 0 Å². The Hall–Kier alpha value is -1.10. The van der Waals surface area contributed by atoms with Crippen LogP contribution in [0.2, 0.25) is 0 Å². The number of esters is 2. The highest BCUT2D eigenvalue weighted by molar-refractivity contribution is 5.69. The van der Waals surface area contributed by atoms with Crippen LogP contribution in [0.5, 0.6) is 0 Å². The van der Waals surface area contributed by atoms with Gasteiger partial charge in [0, 0.05) is 12.8 Å². The highest BCUT2D eigenvalue weighted by Crippen LogP contribution is 2.04. The number of rotatable bonds is 8. The molecule has 0 radical (unpaired) electrons. The molecule has 0 aliphatic carbocycles. The molecule has 1 unspecified atom stereocenters. The molecule has 0 heterocycles. The molecule has 0 aliphatic heterocycles. The Kier molecular flexibility index (Phi) is 8.40. The van der Waals surface area contributed by atoms with Crippen molar-refractivity contribution in [1.82, 2.24) is 0 Å².